The summed E-state index contributed by atoms with van der Waals surface area (Å²) in [6, 6.07) is 7.23. The third kappa shape index (κ3) is 5.58. The number of hydrogen-bond acceptors (Lipinski definition) is 6. The number of rotatable bonds is 6. The number of nitrogens with zero attached hydrogens (tertiary/aromatic N) is 4. The Morgan fingerprint density at radius 3 is 2.47 bits per heavy atom. The number of benzene rings is 1. The Balaban J connectivity index is 1.25. The number of nitrogens with one attached hydrogen (secondary N) is 1. The molecule has 10 heteroatoms. The predicted molar refractivity (Wildman–Crippen MR) is 134 cm³/mol. The average molecular weight is 504 g/mol. The molecule has 3 saturated heterocycles. The van der Waals surface area contributed by atoms with Gasteiger partial charge in [-0.05, 0) is 56.9 Å². The number of alkyl carbamates (subject to hydrolysis) is 1. The van der Waals surface area contributed by atoms with Gasteiger partial charge in [0, 0.05) is 64.1 Å². The van der Waals surface area contributed by atoms with Gasteiger partial charge in [0.1, 0.15) is 12.4 Å². The van der Waals surface area contributed by atoms with Gasteiger partial charge >= 0.3 is 6.09 Å². The van der Waals surface area contributed by atoms with Gasteiger partial charge in [0.2, 0.25) is 11.8 Å². The Bertz CT molecular complexity index is 950. The van der Waals surface area contributed by atoms with Crippen LogP contribution in [0.15, 0.2) is 24.3 Å². The van der Waals surface area contributed by atoms with Crippen molar-refractivity contribution >= 4 is 23.6 Å². The summed E-state index contributed by atoms with van der Waals surface area (Å²) in [6.45, 7) is 6.86. The SMILES string of the molecule is COC(=O)NCC(=O)N1CCC2(CC1)C[C@H](CCN1CCN(c3ccc(F)cc3)[C@@H](C)C1)N(C)C2=O. The summed E-state index contributed by atoms with van der Waals surface area (Å²) in [5.74, 6) is -0.174. The highest BCUT2D eigenvalue weighted by atomic mass is 19.1. The molecule has 3 heterocycles. The second-order valence-corrected chi connectivity index (χ2v) is 10.4. The average Bonchev–Trinajstić information content (AvgIpc) is 3.11. The molecule has 3 aliphatic heterocycles. The van der Waals surface area contributed by atoms with Crippen molar-refractivity contribution in [3.8, 4) is 0 Å². The van der Waals surface area contributed by atoms with Gasteiger partial charge in [0.05, 0.1) is 12.5 Å². The maximum Gasteiger partial charge on any atom is 0.407 e. The van der Waals surface area contributed by atoms with E-state index in [0.29, 0.717) is 32.0 Å². The van der Waals surface area contributed by atoms with Gasteiger partial charge in [0.15, 0.2) is 0 Å². The Kier molecular flexibility index (Phi) is 8.02. The molecule has 0 aromatic heterocycles. The number of anilines is 1. The minimum Gasteiger partial charge on any atom is -0.453 e. The number of ether oxygens (including phenoxy) is 1. The monoisotopic (exact) mass is 503 g/mol. The van der Waals surface area contributed by atoms with E-state index in [1.54, 1.807) is 4.90 Å². The third-order valence-electron chi connectivity index (χ3n) is 8.24. The smallest absolute Gasteiger partial charge is 0.407 e. The molecule has 0 aliphatic carbocycles. The van der Waals surface area contributed by atoms with Gasteiger partial charge < -0.3 is 24.8 Å². The van der Waals surface area contributed by atoms with Gasteiger partial charge in [-0.2, -0.15) is 0 Å². The summed E-state index contributed by atoms with van der Waals surface area (Å²) in [4.78, 5) is 45.3. The van der Waals surface area contributed by atoms with Crippen LogP contribution in [0, 0.1) is 11.2 Å². The topological polar surface area (TPSA) is 85.4 Å². The molecule has 4 rings (SSSR count). The highest BCUT2D eigenvalue weighted by Crippen LogP contribution is 2.44. The van der Waals surface area contributed by atoms with Crippen molar-refractivity contribution in [2.45, 2.75) is 44.7 Å². The van der Waals surface area contributed by atoms with E-state index in [4.69, 9.17) is 0 Å². The molecule has 9 nitrogen and oxygen atoms in total. The third-order valence-corrected chi connectivity index (χ3v) is 8.24. The fourth-order valence-corrected chi connectivity index (χ4v) is 6.03. The van der Waals surface area contributed by atoms with E-state index in [1.165, 1.54) is 19.2 Å². The molecule has 1 spiro atoms. The van der Waals surface area contributed by atoms with Crippen molar-refractivity contribution in [3.63, 3.8) is 0 Å². The highest BCUT2D eigenvalue weighted by molar-refractivity contribution is 5.86. The fourth-order valence-electron chi connectivity index (χ4n) is 6.03. The van der Waals surface area contributed by atoms with Crippen LogP contribution >= 0.6 is 0 Å². The first-order chi connectivity index (χ1) is 17.2. The lowest BCUT2D eigenvalue weighted by Gasteiger charge is -2.41. The van der Waals surface area contributed by atoms with E-state index >= 15 is 0 Å². The van der Waals surface area contributed by atoms with Gasteiger partial charge in [-0.15, -0.1) is 0 Å². The summed E-state index contributed by atoms with van der Waals surface area (Å²) in [7, 11) is 3.17. The van der Waals surface area contributed by atoms with E-state index < -0.39 is 6.09 Å². The molecule has 0 radical (unpaired) electrons. The first-order valence-corrected chi connectivity index (χ1v) is 12.8. The van der Waals surface area contributed by atoms with Crippen molar-refractivity contribution in [3.05, 3.63) is 30.1 Å². The Hall–Kier alpha value is -2.88. The van der Waals surface area contributed by atoms with Crippen LogP contribution < -0.4 is 10.2 Å². The van der Waals surface area contributed by atoms with Gasteiger partial charge in [-0.1, -0.05) is 0 Å². The van der Waals surface area contributed by atoms with E-state index in [0.717, 1.165) is 44.7 Å². The van der Waals surface area contributed by atoms with Crippen LogP contribution in [-0.4, -0.2) is 105 Å². The minimum absolute atomic E-state index is 0.0943. The number of carbonyl (C=O) groups is 3. The lowest BCUT2D eigenvalue weighted by molar-refractivity contribution is -0.141. The quantitative estimate of drug-likeness (QED) is 0.639. The van der Waals surface area contributed by atoms with Crippen LogP contribution in [0.5, 0.6) is 0 Å². The molecule has 0 bridgehead atoms. The molecule has 2 atom stereocenters. The van der Waals surface area contributed by atoms with Crippen molar-refractivity contribution in [1.29, 1.82) is 0 Å². The summed E-state index contributed by atoms with van der Waals surface area (Å²) in [6.07, 6.45) is 2.45. The molecular weight excluding hydrogens is 465 g/mol. The molecule has 0 unspecified atom stereocenters. The maximum atomic E-state index is 13.3. The fraction of sp³-hybridized carbons (Fsp3) is 0.654. The summed E-state index contributed by atoms with van der Waals surface area (Å²) < 4.78 is 17.8. The van der Waals surface area contributed by atoms with Crippen LogP contribution in [0.3, 0.4) is 0 Å². The van der Waals surface area contributed by atoms with Crippen LogP contribution in [0.25, 0.3) is 0 Å². The standard InChI is InChI=1S/C26H38FN5O4/c1-19-18-30(14-15-32(19)21-6-4-20(27)5-7-21)11-8-22-16-26(24(34)29(22)2)9-12-31(13-10-26)23(33)17-28-25(35)36-3/h4-7,19,22H,8-18H2,1-3H3,(H,28,35)/t19-,22-/m0/s1. The summed E-state index contributed by atoms with van der Waals surface area (Å²) >= 11 is 0. The van der Waals surface area contributed by atoms with Crippen LogP contribution in [-0.2, 0) is 14.3 Å². The largest absolute Gasteiger partial charge is 0.453 e. The van der Waals surface area contributed by atoms with Crippen molar-refractivity contribution in [2.24, 2.45) is 5.41 Å². The molecule has 3 fully saturated rings. The highest BCUT2D eigenvalue weighted by Gasteiger charge is 2.51. The number of piperazine rings is 1. The van der Waals surface area contributed by atoms with Crippen LogP contribution in [0.1, 0.15) is 32.6 Å². The number of halogens is 1. The molecule has 3 aliphatic rings. The zero-order chi connectivity index (χ0) is 25.9. The lowest BCUT2D eigenvalue weighted by atomic mass is 9.75. The lowest BCUT2D eigenvalue weighted by Crippen LogP contribution is -2.52. The number of amides is 3. The molecule has 1 aromatic carbocycles. The van der Waals surface area contributed by atoms with Gasteiger partial charge in [-0.3, -0.25) is 14.5 Å². The molecule has 1 N–H and O–H groups in total. The zero-order valence-corrected chi connectivity index (χ0v) is 21.5. The van der Waals surface area contributed by atoms with Crippen LogP contribution in [0.4, 0.5) is 14.9 Å². The van der Waals surface area contributed by atoms with Gasteiger partial charge in [0.25, 0.3) is 0 Å². The second-order valence-electron chi connectivity index (χ2n) is 10.4. The Labute approximate surface area is 212 Å². The van der Waals surface area contributed by atoms with E-state index in [1.807, 2.05) is 24.1 Å². The molecule has 0 saturated carbocycles. The number of likely N-dealkylation sites (tertiary alicyclic amines) is 2. The number of hydrogen-bond donors (Lipinski definition) is 1. The number of carbonyl (C=O) groups excluding carboxylic acids is 3. The minimum atomic E-state index is -0.626. The summed E-state index contributed by atoms with van der Waals surface area (Å²) in [5, 5.41) is 2.43. The van der Waals surface area contributed by atoms with Crippen molar-refractivity contribution in [2.75, 3.05) is 64.9 Å². The maximum absolute atomic E-state index is 13.3. The number of methoxy groups -OCH3 is 1. The molecule has 1 aromatic rings. The van der Waals surface area contributed by atoms with E-state index in [9.17, 15) is 18.8 Å². The van der Waals surface area contributed by atoms with E-state index in [-0.39, 0.29) is 35.6 Å². The first-order valence-electron chi connectivity index (χ1n) is 12.8. The normalized spacial score (nSPS) is 24.3. The van der Waals surface area contributed by atoms with Crippen LogP contribution in [0.2, 0.25) is 0 Å². The van der Waals surface area contributed by atoms with Gasteiger partial charge in [-0.25, -0.2) is 9.18 Å². The Morgan fingerprint density at radius 1 is 1.14 bits per heavy atom. The van der Waals surface area contributed by atoms with Crippen molar-refractivity contribution in [1.82, 2.24) is 20.0 Å². The zero-order valence-electron chi connectivity index (χ0n) is 21.5. The number of piperidine rings is 1. The second kappa shape index (κ2) is 11.0. The molecule has 3 amide bonds. The molecule has 36 heavy (non-hydrogen) atoms. The Morgan fingerprint density at radius 2 is 1.83 bits per heavy atom. The first kappa shape index (κ1) is 26.2. The molecule has 198 valence electrons. The van der Waals surface area contributed by atoms with E-state index in [2.05, 4.69) is 26.8 Å². The predicted octanol–water partition coefficient (Wildman–Crippen LogP) is 1.92. The van der Waals surface area contributed by atoms with Crippen molar-refractivity contribution < 1.29 is 23.5 Å². The summed E-state index contributed by atoms with van der Waals surface area (Å²) in [5.41, 5.74) is 0.665. The molecular formula is C26H38FN5O4.